The predicted molar refractivity (Wildman–Crippen MR) is 76.7 cm³/mol. The third-order valence-corrected chi connectivity index (χ3v) is 3.55. The van der Waals surface area contributed by atoms with Crippen LogP contribution in [0.3, 0.4) is 0 Å². The van der Waals surface area contributed by atoms with Crippen LogP contribution in [0.1, 0.15) is 27.4 Å². The Hall–Kier alpha value is -2.27. The Bertz CT molecular complexity index is 637. The smallest absolute Gasteiger partial charge is 0.372 e. The van der Waals surface area contributed by atoms with Gasteiger partial charge in [-0.1, -0.05) is 18.2 Å². The average molecular weight is 287 g/mol. The van der Waals surface area contributed by atoms with Crippen molar-refractivity contribution in [1.29, 1.82) is 0 Å². The number of hydrogen-bond acceptors (Lipinski definition) is 4. The zero-order chi connectivity index (χ0) is 14.8. The summed E-state index contributed by atoms with van der Waals surface area (Å²) in [6.07, 6.45) is 0.998. The Balaban J connectivity index is 1.51. The zero-order valence-electron chi connectivity index (χ0n) is 11.8. The molecule has 3 rings (SSSR count). The highest BCUT2D eigenvalue weighted by Crippen LogP contribution is 2.27. The number of aryl methyl sites for hydroxylation is 1. The number of furan rings is 1. The van der Waals surface area contributed by atoms with Gasteiger partial charge >= 0.3 is 5.97 Å². The summed E-state index contributed by atoms with van der Waals surface area (Å²) in [5, 5.41) is 12.2. The van der Waals surface area contributed by atoms with Gasteiger partial charge in [-0.25, -0.2) is 4.79 Å². The maximum Gasteiger partial charge on any atom is 0.372 e. The maximum absolute atomic E-state index is 10.9. The van der Waals surface area contributed by atoms with Crippen molar-refractivity contribution in [1.82, 2.24) is 5.32 Å². The fraction of sp³-hybridized carbons (Fsp3) is 0.312. The van der Waals surface area contributed by atoms with Crippen molar-refractivity contribution in [2.45, 2.75) is 26.0 Å². The number of carbonyl (C=O) groups is 1. The van der Waals surface area contributed by atoms with Gasteiger partial charge in [-0.3, -0.25) is 0 Å². The first-order chi connectivity index (χ1) is 10.1. The van der Waals surface area contributed by atoms with E-state index >= 15 is 0 Å². The lowest BCUT2D eigenvalue weighted by atomic mass is 10.1. The molecule has 0 fully saturated rings. The number of benzene rings is 1. The minimum absolute atomic E-state index is 0.0105. The average Bonchev–Trinajstić information content (AvgIpc) is 3.01. The van der Waals surface area contributed by atoms with E-state index in [0.29, 0.717) is 24.4 Å². The van der Waals surface area contributed by atoms with Crippen LogP contribution in [-0.4, -0.2) is 23.7 Å². The van der Waals surface area contributed by atoms with Gasteiger partial charge in [0, 0.05) is 18.5 Å². The van der Waals surface area contributed by atoms with Crippen LogP contribution in [-0.2, 0) is 13.0 Å². The molecule has 2 aromatic rings. The van der Waals surface area contributed by atoms with E-state index in [4.69, 9.17) is 14.3 Å². The molecule has 1 unspecified atom stereocenters. The fourth-order valence-corrected chi connectivity index (χ4v) is 2.57. The molecule has 2 heterocycles. The summed E-state index contributed by atoms with van der Waals surface area (Å²) in [5.74, 6) is 0.552. The lowest BCUT2D eigenvalue weighted by Gasteiger charge is -2.10. The second-order valence-corrected chi connectivity index (χ2v) is 5.21. The summed E-state index contributed by atoms with van der Waals surface area (Å²) in [7, 11) is 0. The summed E-state index contributed by atoms with van der Waals surface area (Å²) in [4.78, 5) is 10.9. The molecule has 1 aliphatic rings. The molecule has 0 spiro atoms. The summed E-state index contributed by atoms with van der Waals surface area (Å²) in [6, 6.07) is 9.78. The number of para-hydroxylation sites is 1. The quantitative estimate of drug-likeness (QED) is 0.883. The van der Waals surface area contributed by atoms with Crippen LogP contribution in [0.5, 0.6) is 5.75 Å². The third kappa shape index (κ3) is 2.92. The molecular weight excluding hydrogens is 270 g/mol. The molecule has 0 radical (unpaired) electrons. The number of carboxylic acid groups (broad SMARTS) is 1. The van der Waals surface area contributed by atoms with Crippen LogP contribution in [0, 0.1) is 6.92 Å². The molecule has 0 saturated carbocycles. The van der Waals surface area contributed by atoms with Gasteiger partial charge in [0.25, 0.3) is 0 Å². The highest BCUT2D eigenvalue weighted by molar-refractivity contribution is 5.86. The normalized spacial score (nSPS) is 16.5. The number of aromatic carboxylic acids is 1. The van der Waals surface area contributed by atoms with E-state index in [1.165, 1.54) is 5.56 Å². The topological polar surface area (TPSA) is 71.7 Å². The number of ether oxygens (including phenoxy) is 1. The second kappa shape index (κ2) is 5.61. The van der Waals surface area contributed by atoms with Crippen molar-refractivity contribution in [3.05, 3.63) is 53.0 Å². The molecular formula is C16H17NO4. The van der Waals surface area contributed by atoms with Crippen LogP contribution < -0.4 is 10.1 Å². The third-order valence-electron chi connectivity index (χ3n) is 3.55. The van der Waals surface area contributed by atoms with Gasteiger partial charge < -0.3 is 19.6 Å². The van der Waals surface area contributed by atoms with Gasteiger partial charge in [0.1, 0.15) is 17.6 Å². The summed E-state index contributed by atoms with van der Waals surface area (Å²) in [6.45, 7) is 2.91. The van der Waals surface area contributed by atoms with E-state index in [9.17, 15) is 4.79 Å². The minimum Gasteiger partial charge on any atom is -0.488 e. The molecule has 1 aliphatic heterocycles. The molecule has 5 heteroatoms. The van der Waals surface area contributed by atoms with Crippen molar-refractivity contribution in [3.8, 4) is 5.75 Å². The largest absolute Gasteiger partial charge is 0.488 e. The Labute approximate surface area is 122 Å². The standard InChI is InChI=1S/C16H17NO4/c1-10-6-12(21-15(10)16(18)19)8-17-9-13-7-11-4-2-3-5-14(11)20-13/h2-6,13,17H,7-9H2,1H3,(H,18,19). The molecule has 1 aromatic carbocycles. The van der Waals surface area contributed by atoms with Gasteiger partial charge in [0.2, 0.25) is 5.76 Å². The monoisotopic (exact) mass is 287 g/mol. The van der Waals surface area contributed by atoms with Crippen molar-refractivity contribution in [2.75, 3.05) is 6.54 Å². The van der Waals surface area contributed by atoms with Crippen molar-refractivity contribution in [2.24, 2.45) is 0 Å². The van der Waals surface area contributed by atoms with Crippen LogP contribution in [0.2, 0.25) is 0 Å². The van der Waals surface area contributed by atoms with Gasteiger partial charge in [-0.2, -0.15) is 0 Å². The summed E-state index contributed by atoms with van der Waals surface area (Å²) in [5.41, 5.74) is 1.87. The summed E-state index contributed by atoms with van der Waals surface area (Å²) >= 11 is 0. The minimum atomic E-state index is -1.03. The molecule has 0 bridgehead atoms. The fourth-order valence-electron chi connectivity index (χ4n) is 2.57. The first-order valence-electron chi connectivity index (χ1n) is 6.91. The first kappa shape index (κ1) is 13.7. The lowest BCUT2D eigenvalue weighted by molar-refractivity contribution is 0.0659. The molecule has 21 heavy (non-hydrogen) atoms. The Kier molecular flexibility index (Phi) is 3.66. The molecule has 0 amide bonds. The predicted octanol–water partition coefficient (Wildman–Crippen LogP) is 2.38. The molecule has 5 nitrogen and oxygen atoms in total. The molecule has 0 saturated heterocycles. The molecule has 110 valence electrons. The first-order valence-corrected chi connectivity index (χ1v) is 6.91. The van der Waals surface area contributed by atoms with E-state index in [-0.39, 0.29) is 11.9 Å². The molecule has 1 atom stereocenters. The number of fused-ring (bicyclic) bond motifs is 1. The highest BCUT2D eigenvalue weighted by Gasteiger charge is 2.22. The van der Waals surface area contributed by atoms with E-state index < -0.39 is 5.97 Å². The van der Waals surface area contributed by atoms with Crippen LogP contribution in [0.25, 0.3) is 0 Å². The number of nitrogens with one attached hydrogen (secondary N) is 1. The molecule has 1 aromatic heterocycles. The van der Waals surface area contributed by atoms with Crippen molar-refractivity contribution < 1.29 is 19.1 Å². The Morgan fingerprint density at radius 3 is 2.95 bits per heavy atom. The Morgan fingerprint density at radius 1 is 1.43 bits per heavy atom. The maximum atomic E-state index is 10.9. The van der Waals surface area contributed by atoms with Crippen molar-refractivity contribution >= 4 is 5.97 Å². The Morgan fingerprint density at radius 2 is 2.24 bits per heavy atom. The van der Waals surface area contributed by atoms with Crippen LogP contribution >= 0.6 is 0 Å². The number of rotatable bonds is 5. The highest BCUT2D eigenvalue weighted by atomic mass is 16.5. The summed E-state index contributed by atoms with van der Waals surface area (Å²) < 4.78 is 11.1. The number of hydrogen-bond donors (Lipinski definition) is 2. The van der Waals surface area contributed by atoms with E-state index in [1.54, 1.807) is 13.0 Å². The van der Waals surface area contributed by atoms with E-state index in [1.807, 2.05) is 18.2 Å². The van der Waals surface area contributed by atoms with E-state index in [0.717, 1.165) is 12.2 Å². The SMILES string of the molecule is Cc1cc(CNCC2Cc3ccccc3O2)oc1C(=O)O. The van der Waals surface area contributed by atoms with Crippen LogP contribution in [0.15, 0.2) is 34.7 Å². The van der Waals surface area contributed by atoms with Gasteiger partial charge in [-0.15, -0.1) is 0 Å². The second-order valence-electron chi connectivity index (χ2n) is 5.21. The molecule has 0 aliphatic carbocycles. The van der Waals surface area contributed by atoms with Crippen molar-refractivity contribution in [3.63, 3.8) is 0 Å². The van der Waals surface area contributed by atoms with Crippen LogP contribution in [0.4, 0.5) is 0 Å². The lowest BCUT2D eigenvalue weighted by Crippen LogP contribution is -2.29. The van der Waals surface area contributed by atoms with Gasteiger partial charge in [-0.05, 0) is 24.6 Å². The van der Waals surface area contributed by atoms with Gasteiger partial charge in [0.05, 0.1) is 6.54 Å². The van der Waals surface area contributed by atoms with Gasteiger partial charge in [0.15, 0.2) is 0 Å². The van der Waals surface area contributed by atoms with E-state index in [2.05, 4.69) is 11.4 Å². The zero-order valence-corrected chi connectivity index (χ0v) is 11.8. The molecule has 2 N–H and O–H groups in total. The number of carboxylic acids is 1.